The largest absolute Gasteiger partial charge is 0.497 e. The summed E-state index contributed by atoms with van der Waals surface area (Å²) in [6.07, 6.45) is -4.78. The summed E-state index contributed by atoms with van der Waals surface area (Å²) < 4.78 is 77.5. The highest BCUT2D eigenvalue weighted by atomic mass is 32.2. The van der Waals surface area contributed by atoms with Gasteiger partial charge in [-0.05, 0) is 54.1 Å². The van der Waals surface area contributed by atoms with Crippen molar-refractivity contribution in [2.45, 2.75) is 11.1 Å². The van der Waals surface area contributed by atoms with Crippen molar-refractivity contribution in [3.8, 4) is 39.6 Å². The second kappa shape index (κ2) is 9.08. The lowest BCUT2D eigenvalue weighted by molar-refractivity contribution is -0.140. The van der Waals surface area contributed by atoms with Crippen molar-refractivity contribution in [2.24, 2.45) is 5.14 Å². The van der Waals surface area contributed by atoms with Gasteiger partial charge in [-0.1, -0.05) is 24.3 Å². The van der Waals surface area contributed by atoms with Crippen LogP contribution in [0, 0.1) is 0 Å². The minimum atomic E-state index is -4.78. The molecule has 0 atom stereocenters. The Morgan fingerprint density at radius 2 is 1.29 bits per heavy atom. The summed E-state index contributed by atoms with van der Waals surface area (Å²) in [5.41, 5.74) is -0.232. The Morgan fingerprint density at radius 3 is 1.74 bits per heavy atom. The zero-order chi connectivity index (χ0) is 25.4. The van der Waals surface area contributed by atoms with E-state index in [9.17, 15) is 21.6 Å². The van der Waals surface area contributed by atoms with E-state index in [0.717, 1.165) is 0 Å². The van der Waals surface area contributed by atoms with Gasteiger partial charge < -0.3 is 9.47 Å². The number of hydrogen-bond donors (Lipinski definition) is 1. The van der Waals surface area contributed by atoms with E-state index in [2.05, 4.69) is 5.10 Å². The van der Waals surface area contributed by atoms with Gasteiger partial charge in [0.2, 0.25) is 10.0 Å². The van der Waals surface area contributed by atoms with Crippen LogP contribution in [0.3, 0.4) is 0 Å². The fourth-order valence-electron chi connectivity index (χ4n) is 3.63. The number of hydrogen-bond acceptors (Lipinski definition) is 5. The quantitative estimate of drug-likeness (QED) is 0.404. The molecule has 0 aliphatic heterocycles. The number of primary sulfonamides is 1. The van der Waals surface area contributed by atoms with Crippen LogP contribution in [0.2, 0.25) is 0 Å². The number of ether oxygens (including phenoxy) is 2. The number of aromatic nitrogens is 2. The second-order valence-electron chi connectivity index (χ2n) is 7.48. The predicted molar refractivity (Wildman–Crippen MR) is 124 cm³/mol. The smallest absolute Gasteiger partial charge is 0.435 e. The van der Waals surface area contributed by atoms with Crippen molar-refractivity contribution >= 4 is 10.0 Å². The van der Waals surface area contributed by atoms with Gasteiger partial charge >= 0.3 is 6.18 Å². The molecule has 1 aromatic heterocycles. The van der Waals surface area contributed by atoms with Crippen LogP contribution in [-0.2, 0) is 16.2 Å². The Morgan fingerprint density at radius 1 is 0.800 bits per heavy atom. The number of methoxy groups -OCH3 is 2. The SMILES string of the molecule is COc1ccc(-c2c(C(F)(F)F)nn(-c3ccc(OC)cc3)c2-c2ccc(S(N)(=O)=O)cc2)cc1. The predicted octanol–water partition coefficient (Wildman–Crippen LogP) is 4.89. The second-order valence-corrected chi connectivity index (χ2v) is 9.04. The molecule has 1 heterocycles. The number of sulfonamides is 1. The molecule has 3 aromatic carbocycles. The first kappa shape index (κ1) is 24.3. The molecule has 0 aliphatic rings. The topological polar surface area (TPSA) is 96.4 Å². The molecule has 0 aliphatic carbocycles. The zero-order valence-electron chi connectivity index (χ0n) is 18.6. The van der Waals surface area contributed by atoms with E-state index < -0.39 is 21.9 Å². The van der Waals surface area contributed by atoms with Gasteiger partial charge in [-0.25, -0.2) is 18.2 Å². The van der Waals surface area contributed by atoms with Crippen LogP contribution in [-0.4, -0.2) is 32.4 Å². The Labute approximate surface area is 199 Å². The minimum Gasteiger partial charge on any atom is -0.497 e. The fraction of sp³-hybridized carbons (Fsp3) is 0.125. The van der Waals surface area contributed by atoms with Gasteiger partial charge in [0, 0.05) is 11.1 Å². The number of rotatable bonds is 6. The highest BCUT2D eigenvalue weighted by Crippen LogP contribution is 2.44. The van der Waals surface area contributed by atoms with Crippen LogP contribution in [0.4, 0.5) is 13.2 Å². The zero-order valence-corrected chi connectivity index (χ0v) is 19.4. The number of benzene rings is 3. The number of nitrogens with two attached hydrogens (primary N) is 1. The lowest BCUT2D eigenvalue weighted by atomic mass is 9.98. The van der Waals surface area contributed by atoms with Crippen LogP contribution >= 0.6 is 0 Å². The summed E-state index contributed by atoms with van der Waals surface area (Å²) >= 11 is 0. The van der Waals surface area contributed by atoms with Crippen LogP contribution < -0.4 is 14.6 Å². The van der Waals surface area contributed by atoms with Crippen molar-refractivity contribution in [3.05, 3.63) is 78.5 Å². The standard InChI is InChI=1S/C24H20F3N3O4S/c1-33-18-9-3-15(4-10-18)21-22(16-5-13-20(14-6-16)35(28,31)32)30(29-23(21)24(25,26)27)17-7-11-19(34-2)12-8-17/h3-14H,1-2H3,(H2,28,31,32). The van der Waals surface area contributed by atoms with Crippen molar-refractivity contribution in [2.75, 3.05) is 14.2 Å². The van der Waals surface area contributed by atoms with E-state index in [1.54, 1.807) is 36.4 Å². The molecule has 4 aromatic rings. The van der Waals surface area contributed by atoms with Gasteiger partial charge in [-0.15, -0.1) is 0 Å². The Kier molecular flexibility index (Phi) is 6.30. The first-order valence-electron chi connectivity index (χ1n) is 10.1. The molecule has 0 radical (unpaired) electrons. The molecular weight excluding hydrogens is 483 g/mol. The first-order chi connectivity index (χ1) is 16.5. The van der Waals surface area contributed by atoms with Crippen molar-refractivity contribution in [1.29, 1.82) is 0 Å². The third-order valence-corrected chi connectivity index (χ3v) is 6.24. The molecule has 2 N–H and O–H groups in total. The Hall–Kier alpha value is -3.83. The van der Waals surface area contributed by atoms with Crippen LogP contribution in [0.15, 0.2) is 77.7 Å². The maximum Gasteiger partial charge on any atom is 0.435 e. The molecule has 0 bridgehead atoms. The molecule has 0 saturated carbocycles. The van der Waals surface area contributed by atoms with Crippen molar-refractivity contribution in [1.82, 2.24) is 9.78 Å². The summed E-state index contributed by atoms with van der Waals surface area (Å²) in [5, 5.41) is 9.14. The van der Waals surface area contributed by atoms with E-state index in [0.29, 0.717) is 22.7 Å². The van der Waals surface area contributed by atoms with E-state index in [1.807, 2.05) is 0 Å². The molecule has 11 heteroatoms. The Bertz CT molecular complexity index is 1450. The summed E-state index contributed by atoms with van der Waals surface area (Å²) in [5.74, 6) is 0.996. The van der Waals surface area contributed by atoms with Crippen LogP contribution in [0.1, 0.15) is 5.69 Å². The summed E-state index contributed by atoms with van der Waals surface area (Å²) in [6, 6.07) is 17.7. The highest BCUT2D eigenvalue weighted by Gasteiger charge is 2.40. The monoisotopic (exact) mass is 503 g/mol. The van der Waals surface area contributed by atoms with Gasteiger partial charge in [0.05, 0.1) is 30.5 Å². The number of halogens is 3. The van der Waals surface area contributed by atoms with Crippen molar-refractivity contribution < 1.29 is 31.1 Å². The number of nitrogens with zero attached hydrogens (tertiary/aromatic N) is 2. The summed E-state index contributed by atoms with van der Waals surface area (Å²) in [4.78, 5) is -0.168. The number of alkyl halides is 3. The Balaban J connectivity index is 2.04. The maximum atomic E-state index is 14.2. The van der Waals surface area contributed by atoms with Gasteiger partial charge in [0.15, 0.2) is 5.69 Å². The molecule has 0 fully saturated rings. The molecular formula is C24H20F3N3O4S. The highest BCUT2D eigenvalue weighted by molar-refractivity contribution is 7.89. The molecule has 0 amide bonds. The van der Waals surface area contributed by atoms with Crippen molar-refractivity contribution in [3.63, 3.8) is 0 Å². The molecule has 35 heavy (non-hydrogen) atoms. The summed E-state index contributed by atoms with van der Waals surface area (Å²) in [7, 11) is -1.06. The van der Waals surface area contributed by atoms with E-state index in [1.165, 1.54) is 55.3 Å². The molecule has 0 spiro atoms. The average Bonchev–Trinajstić information content (AvgIpc) is 3.25. The van der Waals surface area contributed by atoms with Crippen LogP contribution in [0.5, 0.6) is 11.5 Å². The van der Waals surface area contributed by atoms with Gasteiger partial charge in [0.25, 0.3) is 0 Å². The average molecular weight is 504 g/mol. The lowest BCUT2D eigenvalue weighted by Gasteiger charge is -2.12. The third-order valence-electron chi connectivity index (χ3n) is 5.31. The maximum absolute atomic E-state index is 14.2. The van der Waals surface area contributed by atoms with Gasteiger partial charge in [-0.3, -0.25) is 0 Å². The summed E-state index contributed by atoms with van der Waals surface area (Å²) in [6.45, 7) is 0. The molecule has 4 rings (SSSR count). The van der Waals surface area contributed by atoms with Gasteiger partial charge in [0.1, 0.15) is 11.5 Å². The van der Waals surface area contributed by atoms with E-state index in [-0.39, 0.29) is 21.7 Å². The van der Waals surface area contributed by atoms with Crippen LogP contribution in [0.25, 0.3) is 28.1 Å². The molecule has 0 unspecified atom stereocenters. The van der Waals surface area contributed by atoms with E-state index in [4.69, 9.17) is 14.6 Å². The first-order valence-corrected chi connectivity index (χ1v) is 11.7. The minimum absolute atomic E-state index is 0.119. The molecule has 0 saturated heterocycles. The normalized spacial score (nSPS) is 11.9. The molecule has 182 valence electrons. The lowest BCUT2D eigenvalue weighted by Crippen LogP contribution is -2.11. The van der Waals surface area contributed by atoms with Gasteiger partial charge in [-0.2, -0.15) is 18.3 Å². The third kappa shape index (κ3) is 4.86. The molecule has 7 nitrogen and oxygen atoms in total. The van der Waals surface area contributed by atoms with E-state index >= 15 is 0 Å². The fourth-order valence-corrected chi connectivity index (χ4v) is 4.14.